The van der Waals surface area contributed by atoms with E-state index in [4.69, 9.17) is 4.74 Å². The molecule has 5 heteroatoms. The van der Waals surface area contributed by atoms with Crippen molar-refractivity contribution < 1.29 is 14.6 Å². The van der Waals surface area contributed by atoms with E-state index in [0.717, 1.165) is 36.3 Å². The number of aromatic nitrogens is 1. The summed E-state index contributed by atoms with van der Waals surface area (Å²) in [6.45, 7) is 5.35. The zero-order valence-corrected chi connectivity index (χ0v) is 19.8. The standard InChI is InChI=1S/C28H32N2O3/c1-18(2)19-5-9-24(27(16-19)33-4)20-6-8-23-21(15-20)12-14-30(3)26(23)10-7-22-17-29-13-11-25(22)28(31)32/h5-6,8-9,11,13,15-18,26H,7,10,12,14H2,1-4H3,(H,31,32)/t26-/m1/s1. The van der Waals surface area contributed by atoms with Crippen LogP contribution in [0.15, 0.2) is 54.9 Å². The number of carboxylic acid groups (broad SMARTS) is 1. The zero-order valence-electron chi connectivity index (χ0n) is 19.8. The Balaban J connectivity index is 1.62. The second kappa shape index (κ2) is 9.75. The van der Waals surface area contributed by atoms with Crippen LogP contribution < -0.4 is 4.74 Å². The van der Waals surface area contributed by atoms with E-state index in [0.29, 0.717) is 17.9 Å². The SMILES string of the molecule is COc1cc(C(C)C)ccc1-c1ccc2c(c1)CCN(C)[C@@H]2CCc1cnccc1C(=O)O. The first-order chi connectivity index (χ1) is 15.9. The molecule has 5 nitrogen and oxygen atoms in total. The van der Waals surface area contributed by atoms with E-state index in [1.165, 1.54) is 22.3 Å². The minimum absolute atomic E-state index is 0.245. The van der Waals surface area contributed by atoms with Crippen molar-refractivity contribution in [1.82, 2.24) is 9.88 Å². The Bertz CT molecular complexity index is 1160. The Hall–Kier alpha value is -3.18. The average molecular weight is 445 g/mol. The topological polar surface area (TPSA) is 62.7 Å². The van der Waals surface area contributed by atoms with Crippen molar-refractivity contribution in [1.29, 1.82) is 0 Å². The van der Waals surface area contributed by atoms with Crippen LogP contribution >= 0.6 is 0 Å². The molecule has 0 unspecified atom stereocenters. The van der Waals surface area contributed by atoms with Crippen LogP contribution in [0.2, 0.25) is 0 Å². The molecule has 33 heavy (non-hydrogen) atoms. The molecule has 0 amide bonds. The molecule has 1 aliphatic rings. The lowest BCUT2D eigenvalue weighted by atomic mass is 9.86. The van der Waals surface area contributed by atoms with E-state index in [-0.39, 0.29) is 6.04 Å². The number of ether oxygens (including phenoxy) is 1. The van der Waals surface area contributed by atoms with E-state index >= 15 is 0 Å². The monoisotopic (exact) mass is 444 g/mol. The number of hydrogen-bond donors (Lipinski definition) is 1. The summed E-state index contributed by atoms with van der Waals surface area (Å²) in [6.07, 6.45) is 5.75. The molecule has 2 aromatic carbocycles. The first-order valence-electron chi connectivity index (χ1n) is 11.6. The van der Waals surface area contributed by atoms with E-state index in [9.17, 15) is 9.90 Å². The molecule has 0 saturated heterocycles. The average Bonchev–Trinajstić information content (AvgIpc) is 2.82. The largest absolute Gasteiger partial charge is 0.496 e. The number of carboxylic acids is 1. The van der Waals surface area contributed by atoms with Gasteiger partial charge in [-0.3, -0.25) is 9.88 Å². The van der Waals surface area contributed by atoms with Crippen molar-refractivity contribution in [3.8, 4) is 16.9 Å². The predicted molar refractivity (Wildman–Crippen MR) is 131 cm³/mol. The van der Waals surface area contributed by atoms with Crippen LogP contribution in [-0.4, -0.2) is 41.7 Å². The minimum atomic E-state index is -0.896. The van der Waals surface area contributed by atoms with Crippen LogP contribution in [0, 0.1) is 0 Å². The summed E-state index contributed by atoms with van der Waals surface area (Å²) < 4.78 is 5.73. The number of rotatable bonds is 7. The molecule has 0 fully saturated rings. The van der Waals surface area contributed by atoms with Crippen molar-refractivity contribution in [3.63, 3.8) is 0 Å². The van der Waals surface area contributed by atoms with Crippen LogP contribution in [0.5, 0.6) is 5.75 Å². The Morgan fingerprint density at radius 3 is 2.76 bits per heavy atom. The van der Waals surface area contributed by atoms with Gasteiger partial charge in [0.25, 0.3) is 0 Å². The first kappa shape index (κ1) is 23.0. The number of carbonyl (C=O) groups is 1. The molecule has 1 aliphatic heterocycles. The highest BCUT2D eigenvalue weighted by molar-refractivity contribution is 5.89. The van der Waals surface area contributed by atoms with E-state index in [1.54, 1.807) is 25.6 Å². The van der Waals surface area contributed by atoms with Gasteiger partial charge in [0.05, 0.1) is 12.7 Å². The van der Waals surface area contributed by atoms with Crippen LogP contribution in [0.25, 0.3) is 11.1 Å². The molecular formula is C28H32N2O3. The highest BCUT2D eigenvalue weighted by Crippen LogP contribution is 2.38. The number of fused-ring (bicyclic) bond motifs is 1. The van der Waals surface area contributed by atoms with Crippen molar-refractivity contribution in [2.45, 2.75) is 45.1 Å². The van der Waals surface area contributed by atoms with Crippen LogP contribution in [0.3, 0.4) is 0 Å². The van der Waals surface area contributed by atoms with Crippen molar-refractivity contribution in [2.24, 2.45) is 0 Å². The van der Waals surface area contributed by atoms with Gasteiger partial charge >= 0.3 is 5.97 Å². The van der Waals surface area contributed by atoms with Gasteiger partial charge in [0.1, 0.15) is 5.75 Å². The fraction of sp³-hybridized carbons (Fsp3) is 0.357. The van der Waals surface area contributed by atoms with Gasteiger partial charge in [-0.15, -0.1) is 0 Å². The van der Waals surface area contributed by atoms with Gasteiger partial charge in [-0.25, -0.2) is 4.79 Å². The summed E-state index contributed by atoms with van der Waals surface area (Å²) in [5, 5.41) is 9.49. The van der Waals surface area contributed by atoms with Crippen molar-refractivity contribution >= 4 is 5.97 Å². The second-order valence-corrected chi connectivity index (χ2v) is 9.15. The Morgan fingerprint density at radius 1 is 1.21 bits per heavy atom. The molecular weight excluding hydrogens is 412 g/mol. The molecule has 0 radical (unpaired) electrons. The van der Waals surface area contributed by atoms with E-state index in [1.807, 2.05) is 0 Å². The van der Waals surface area contributed by atoms with Gasteiger partial charge in [0.15, 0.2) is 0 Å². The summed E-state index contributed by atoms with van der Waals surface area (Å²) >= 11 is 0. The molecule has 1 atom stereocenters. The number of hydrogen-bond acceptors (Lipinski definition) is 4. The Kier molecular flexibility index (Phi) is 6.80. The van der Waals surface area contributed by atoms with E-state index < -0.39 is 5.97 Å². The number of aromatic carboxylic acids is 1. The van der Waals surface area contributed by atoms with Crippen molar-refractivity contribution in [2.75, 3.05) is 20.7 Å². The summed E-state index contributed by atoms with van der Waals surface area (Å²) in [5.74, 6) is 0.463. The minimum Gasteiger partial charge on any atom is -0.496 e. The summed E-state index contributed by atoms with van der Waals surface area (Å²) in [4.78, 5) is 18.1. The van der Waals surface area contributed by atoms with Gasteiger partial charge < -0.3 is 9.84 Å². The lowest BCUT2D eigenvalue weighted by Crippen LogP contribution is -2.32. The molecule has 172 valence electrons. The second-order valence-electron chi connectivity index (χ2n) is 9.15. The molecule has 1 N–H and O–H groups in total. The number of benzene rings is 2. The number of likely N-dealkylation sites (N-methyl/N-ethyl adjacent to an activating group) is 1. The Morgan fingerprint density at radius 2 is 2.03 bits per heavy atom. The van der Waals surface area contributed by atoms with Crippen LogP contribution in [0.1, 0.15) is 64.8 Å². The maximum Gasteiger partial charge on any atom is 0.336 e. The maximum absolute atomic E-state index is 11.6. The lowest BCUT2D eigenvalue weighted by Gasteiger charge is -2.35. The maximum atomic E-state index is 11.6. The van der Waals surface area contributed by atoms with Gasteiger partial charge in [-0.2, -0.15) is 0 Å². The van der Waals surface area contributed by atoms with Crippen LogP contribution in [-0.2, 0) is 12.8 Å². The molecule has 4 rings (SSSR count). The number of pyridine rings is 1. The first-order valence-corrected chi connectivity index (χ1v) is 11.6. The molecule has 0 bridgehead atoms. The third kappa shape index (κ3) is 4.79. The summed E-state index contributed by atoms with van der Waals surface area (Å²) in [7, 11) is 3.88. The third-order valence-corrected chi connectivity index (χ3v) is 6.79. The van der Waals surface area contributed by atoms with E-state index in [2.05, 4.69) is 67.2 Å². The van der Waals surface area contributed by atoms with Gasteiger partial charge in [-0.05, 0) is 72.2 Å². The molecule has 0 aliphatic carbocycles. The van der Waals surface area contributed by atoms with Crippen molar-refractivity contribution in [3.05, 3.63) is 82.7 Å². The smallest absolute Gasteiger partial charge is 0.336 e. The highest BCUT2D eigenvalue weighted by atomic mass is 16.5. The highest BCUT2D eigenvalue weighted by Gasteiger charge is 2.26. The molecule has 3 aromatic rings. The predicted octanol–water partition coefficient (Wildman–Crippen LogP) is 5.74. The zero-order chi connectivity index (χ0) is 23.5. The fourth-order valence-corrected chi connectivity index (χ4v) is 4.81. The molecule has 0 saturated carbocycles. The quantitative estimate of drug-likeness (QED) is 0.503. The van der Waals surface area contributed by atoms with Gasteiger partial charge in [0.2, 0.25) is 0 Å². The normalized spacial score (nSPS) is 16.0. The van der Waals surface area contributed by atoms with Gasteiger partial charge in [-0.1, -0.05) is 44.2 Å². The third-order valence-electron chi connectivity index (χ3n) is 6.79. The van der Waals surface area contributed by atoms with Crippen LogP contribution in [0.4, 0.5) is 0 Å². The summed E-state index contributed by atoms with van der Waals surface area (Å²) in [6, 6.07) is 15.0. The van der Waals surface area contributed by atoms with Gasteiger partial charge in [0, 0.05) is 30.5 Å². The Labute approximate surface area is 196 Å². The lowest BCUT2D eigenvalue weighted by molar-refractivity contribution is 0.0695. The number of methoxy groups -OCH3 is 1. The molecule has 1 aromatic heterocycles. The number of nitrogens with zero attached hydrogens (tertiary/aromatic N) is 2. The number of aryl methyl sites for hydroxylation is 1. The molecule has 0 spiro atoms. The molecule has 2 heterocycles. The fourth-order valence-electron chi connectivity index (χ4n) is 4.81. The summed E-state index contributed by atoms with van der Waals surface area (Å²) in [5.41, 5.74) is 7.37.